The number of ketones is 1. The van der Waals surface area contributed by atoms with E-state index < -0.39 is 0 Å². The Morgan fingerprint density at radius 3 is 2.75 bits per heavy atom. The molecule has 0 bridgehead atoms. The van der Waals surface area contributed by atoms with Crippen LogP contribution in [0, 0.1) is 0 Å². The van der Waals surface area contributed by atoms with Crippen molar-refractivity contribution in [3.05, 3.63) is 54.0 Å². The topological polar surface area (TPSA) is 68.9 Å². The zero-order valence-electron chi connectivity index (χ0n) is 8.63. The fourth-order valence-electron chi connectivity index (χ4n) is 1.41. The predicted molar refractivity (Wildman–Crippen MR) is 60.9 cm³/mol. The minimum absolute atomic E-state index is 0.0220. The maximum absolute atomic E-state index is 11.8. The molecular formula is C12H11N3O. The summed E-state index contributed by atoms with van der Waals surface area (Å²) in [5.74, 6) is 0.400. The second kappa shape index (κ2) is 4.53. The Labute approximate surface area is 93.2 Å². The first kappa shape index (κ1) is 10.3. The molecule has 0 unspecified atom stereocenters. The summed E-state index contributed by atoms with van der Waals surface area (Å²) in [6.07, 6.45) is 3.49. The Balaban J connectivity index is 2.14. The number of hydrogen-bond acceptors (Lipinski definition) is 4. The van der Waals surface area contributed by atoms with Crippen LogP contribution in [0.5, 0.6) is 0 Å². The summed E-state index contributed by atoms with van der Waals surface area (Å²) in [4.78, 5) is 19.7. The quantitative estimate of drug-likeness (QED) is 0.784. The molecular weight excluding hydrogens is 202 g/mol. The van der Waals surface area contributed by atoms with E-state index in [9.17, 15) is 4.79 Å². The average Bonchev–Trinajstić information content (AvgIpc) is 2.30. The van der Waals surface area contributed by atoms with Gasteiger partial charge in [0.05, 0.1) is 0 Å². The number of anilines is 1. The number of hydrogen-bond donors (Lipinski definition) is 1. The van der Waals surface area contributed by atoms with E-state index in [1.807, 2.05) is 0 Å². The summed E-state index contributed by atoms with van der Waals surface area (Å²) in [5, 5.41) is 0. The molecule has 0 saturated heterocycles. The Morgan fingerprint density at radius 1 is 1.19 bits per heavy atom. The van der Waals surface area contributed by atoms with E-state index in [0.717, 1.165) is 5.56 Å². The fourth-order valence-corrected chi connectivity index (χ4v) is 1.41. The molecule has 16 heavy (non-hydrogen) atoms. The first-order valence-corrected chi connectivity index (χ1v) is 4.90. The molecule has 2 heterocycles. The summed E-state index contributed by atoms with van der Waals surface area (Å²) < 4.78 is 0. The zero-order chi connectivity index (χ0) is 11.4. The third kappa shape index (κ3) is 2.42. The number of nitrogen functional groups attached to an aromatic ring is 1. The van der Waals surface area contributed by atoms with E-state index in [1.54, 1.807) is 42.7 Å². The van der Waals surface area contributed by atoms with E-state index in [-0.39, 0.29) is 5.78 Å². The Kier molecular flexibility index (Phi) is 2.91. The highest BCUT2D eigenvalue weighted by atomic mass is 16.1. The Bertz CT molecular complexity index is 497. The van der Waals surface area contributed by atoms with Gasteiger partial charge in [-0.3, -0.25) is 9.78 Å². The summed E-state index contributed by atoms with van der Waals surface area (Å²) in [6, 6.07) is 8.74. The summed E-state index contributed by atoms with van der Waals surface area (Å²) in [7, 11) is 0. The number of Topliss-reactive ketones (excluding diaryl/α,β-unsaturated/α-hetero) is 1. The number of carbonyl (C=O) groups excluding carboxylic acids is 1. The van der Waals surface area contributed by atoms with Crippen LogP contribution in [0.4, 0.5) is 5.82 Å². The molecule has 0 amide bonds. The predicted octanol–water partition coefficient (Wildman–Crippen LogP) is 1.48. The molecule has 0 aromatic carbocycles. The normalized spacial score (nSPS) is 10.0. The van der Waals surface area contributed by atoms with Gasteiger partial charge in [-0.05, 0) is 29.8 Å². The molecule has 0 aliphatic rings. The van der Waals surface area contributed by atoms with E-state index >= 15 is 0 Å². The third-order valence-electron chi connectivity index (χ3n) is 2.16. The molecule has 4 heteroatoms. The highest BCUT2D eigenvalue weighted by Crippen LogP contribution is 2.07. The number of aromatic nitrogens is 2. The smallest absolute Gasteiger partial charge is 0.185 e. The van der Waals surface area contributed by atoms with Crippen molar-refractivity contribution in [2.75, 3.05) is 5.73 Å². The molecule has 2 aromatic rings. The van der Waals surface area contributed by atoms with Crippen molar-refractivity contribution in [1.29, 1.82) is 0 Å². The van der Waals surface area contributed by atoms with Gasteiger partial charge in [0.1, 0.15) is 11.5 Å². The molecule has 0 spiro atoms. The van der Waals surface area contributed by atoms with Crippen LogP contribution in [-0.4, -0.2) is 15.8 Å². The van der Waals surface area contributed by atoms with Crippen LogP contribution >= 0.6 is 0 Å². The number of nitrogens with two attached hydrogens (primary N) is 1. The van der Waals surface area contributed by atoms with Crippen LogP contribution < -0.4 is 5.73 Å². The minimum atomic E-state index is -0.0220. The van der Waals surface area contributed by atoms with Gasteiger partial charge in [-0.15, -0.1) is 0 Å². The molecule has 0 aliphatic carbocycles. The Hall–Kier alpha value is -2.23. The first-order chi connectivity index (χ1) is 7.75. The van der Waals surface area contributed by atoms with E-state index in [0.29, 0.717) is 17.9 Å². The van der Waals surface area contributed by atoms with E-state index in [1.165, 1.54) is 0 Å². The maximum Gasteiger partial charge on any atom is 0.185 e. The monoisotopic (exact) mass is 213 g/mol. The van der Waals surface area contributed by atoms with Gasteiger partial charge >= 0.3 is 0 Å². The molecule has 0 radical (unpaired) electrons. The second-order valence-electron chi connectivity index (χ2n) is 3.40. The van der Waals surface area contributed by atoms with Crippen molar-refractivity contribution >= 4 is 11.6 Å². The van der Waals surface area contributed by atoms with Crippen molar-refractivity contribution in [3.8, 4) is 0 Å². The van der Waals surface area contributed by atoms with Gasteiger partial charge < -0.3 is 5.73 Å². The molecule has 2 N–H and O–H groups in total. The number of nitrogens with zero attached hydrogens (tertiary/aromatic N) is 2. The van der Waals surface area contributed by atoms with Gasteiger partial charge in [0.2, 0.25) is 0 Å². The summed E-state index contributed by atoms with van der Waals surface area (Å²) >= 11 is 0. The van der Waals surface area contributed by atoms with Crippen LogP contribution in [-0.2, 0) is 6.42 Å². The molecule has 2 rings (SSSR count). The highest BCUT2D eigenvalue weighted by Gasteiger charge is 2.07. The second-order valence-corrected chi connectivity index (χ2v) is 3.40. The van der Waals surface area contributed by atoms with Gasteiger partial charge in [-0.1, -0.05) is 6.07 Å². The van der Waals surface area contributed by atoms with Crippen LogP contribution in [0.15, 0.2) is 42.7 Å². The molecule has 0 saturated carbocycles. The average molecular weight is 213 g/mol. The van der Waals surface area contributed by atoms with Gasteiger partial charge in [0.15, 0.2) is 5.78 Å². The number of carbonyl (C=O) groups is 1. The molecule has 0 fully saturated rings. The van der Waals surface area contributed by atoms with Crippen molar-refractivity contribution < 1.29 is 4.79 Å². The molecule has 0 aliphatic heterocycles. The number of pyridine rings is 2. The van der Waals surface area contributed by atoms with Crippen molar-refractivity contribution in [3.63, 3.8) is 0 Å². The van der Waals surface area contributed by atoms with Crippen LogP contribution in [0.1, 0.15) is 16.1 Å². The lowest BCUT2D eigenvalue weighted by Crippen LogP contribution is -2.06. The summed E-state index contributed by atoms with van der Waals surface area (Å²) in [6.45, 7) is 0. The largest absolute Gasteiger partial charge is 0.384 e. The zero-order valence-corrected chi connectivity index (χ0v) is 8.63. The maximum atomic E-state index is 11.8. The number of rotatable bonds is 3. The van der Waals surface area contributed by atoms with Gasteiger partial charge in [0.25, 0.3) is 0 Å². The van der Waals surface area contributed by atoms with Crippen molar-refractivity contribution in [1.82, 2.24) is 9.97 Å². The molecule has 0 atom stereocenters. The first-order valence-electron chi connectivity index (χ1n) is 4.90. The van der Waals surface area contributed by atoms with E-state index in [2.05, 4.69) is 9.97 Å². The van der Waals surface area contributed by atoms with Crippen LogP contribution in [0.25, 0.3) is 0 Å². The summed E-state index contributed by atoms with van der Waals surface area (Å²) in [5.41, 5.74) is 6.86. The lowest BCUT2D eigenvalue weighted by Gasteiger charge is -2.01. The van der Waals surface area contributed by atoms with Gasteiger partial charge in [-0.25, -0.2) is 4.98 Å². The van der Waals surface area contributed by atoms with Gasteiger partial charge in [-0.2, -0.15) is 0 Å². The minimum Gasteiger partial charge on any atom is -0.384 e. The molecule has 2 aromatic heterocycles. The standard InChI is InChI=1S/C12H11N3O/c13-12-8-9(4-6-15-12)7-11(16)10-3-1-2-5-14-10/h1-6,8H,7H2,(H2,13,15). The molecule has 4 nitrogen and oxygen atoms in total. The van der Waals surface area contributed by atoms with E-state index in [4.69, 9.17) is 5.73 Å². The van der Waals surface area contributed by atoms with Crippen molar-refractivity contribution in [2.24, 2.45) is 0 Å². The van der Waals surface area contributed by atoms with Gasteiger partial charge in [0, 0.05) is 18.8 Å². The third-order valence-corrected chi connectivity index (χ3v) is 2.16. The van der Waals surface area contributed by atoms with Crippen molar-refractivity contribution in [2.45, 2.75) is 6.42 Å². The fraction of sp³-hybridized carbons (Fsp3) is 0.0833. The molecule has 80 valence electrons. The lowest BCUT2D eigenvalue weighted by molar-refractivity contribution is 0.0988. The Morgan fingerprint density at radius 2 is 2.06 bits per heavy atom. The van der Waals surface area contributed by atoms with Crippen LogP contribution in [0.2, 0.25) is 0 Å². The SMILES string of the molecule is Nc1cc(CC(=O)c2ccccn2)ccn1. The highest BCUT2D eigenvalue weighted by molar-refractivity contribution is 5.95. The lowest BCUT2D eigenvalue weighted by atomic mass is 10.1. The van der Waals surface area contributed by atoms with Crippen LogP contribution in [0.3, 0.4) is 0 Å².